The van der Waals surface area contributed by atoms with E-state index in [9.17, 15) is 0 Å². The second-order valence-corrected chi connectivity index (χ2v) is 6.28. The number of benzene rings is 1. The molecule has 0 atom stereocenters. The fourth-order valence-electron chi connectivity index (χ4n) is 2.19. The Kier molecular flexibility index (Phi) is 3.06. The van der Waals surface area contributed by atoms with Crippen molar-refractivity contribution in [2.24, 2.45) is 0 Å². The molecule has 0 radical (unpaired) electrons. The average Bonchev–Trinajstić information content (AvgIpc) is 3.03. The molecule has 0 amide bonds. The molecule has 0 N–H and O–H groups in total. The predicted molar refractivity (Wildman–Crippen MR) is 82.5 cm³/mol. The molecule has 2 aromatic heterocycles. The van der Waals surface area contributed by atoms with Crippen LogP contribution in [0.25, 0.3) is 20.9 Å². The minimum Gasteiger partial charge on any atom is -0.144 e. The Morgan fingerprint density at radius 3 is 2.06 bits per heavy atom. The van der Waals surface area contributed by atoms with Crippen LogP contribution in [0.1, 0.15) is 11.1 Å². The summed E-state index contributed by atoms with van der Waals surface area (Å²) in [6, 6.07) is 13.1. The summed E-state index contributed by atoms with van der Waals surface area (Å²) in [7, 11) is 0. The van der Waals surface area contributed by atoms with Gasteiger partial charge >= 0.3 is 0 Å². The molecule has 3 rings (SSSR count). The van der Waals surface area contributed by atoms with Gasteiger partial charge in [0.25, 0.3) is 0 Å². The first-order valence-corrected chi connectivity index (χ1v) is 7.71. The van der Waals surface area contributed by atoms with Crippen LogP contribution in [0.5, 0.6) is 0 Å². The summed E-state index contributed by atoms with van der Waals surface area (Å²) >= 11 is 3.62. The Morgan fingerprint density at radius 1 is 0.778 bits per heavy atom. The van der Waals surface area contributed by atoms with Gasteiger partial charge in [0.2, 0.25) is 0 Å². The van der Waals surface area contributed by atoms with Gasteiger partial charge in [0.1, 0.15) is 0 Å². The van der Waals surface area contributed by atoms with Crippen molar-refractivity contribution < 1.29 is 0 Å². The molecule has 90 valence electrons. The van der Waals surface area contributed by atoms with Gasteiger partial charge in [-0.25, -0.2) is 0 Å². The van der Waals surface area contributed by atoms with Crippen molar-refractivity contribution in [2.45, 2.75) is 13.8 Å². The molecule has 0 aliphatic carbocycles. The molecule has 1 aromatic carbocycles. The predicted octanol–water partition coefficient (Wildman–Crippen LogP) is 5.76. The molecular weight excluding hydrogens is 256 g/mol. The fraction of sp³-hybridized carbons (Fsp3) is 0.125. The number of hydrogen-bond acceptors (Lipinski definition) is 2. The van der Waals surface area contributed by atoms with E-state index < -0.39 is 0 Å². The molecular formula is C16H14S2. The van der Waals surface area contributed by atoms with E-state index in [1.165, 1.54) is 32.0 Å². The summed E-state index contributed by atoms with van der Waals surface area (Å²) in [6.07, 6.45) is 0. The molecule has 0 nitrogen and oxygen atoms in total. The highest BCUT2D eigenvalue weighted by molar-refractivity contribution is 7.14. The van der Waals surface area contributed by atoms with Crippen molar-refractivity contribution in [3.05, 3.63) is 58.3 Å². The van der Waals surface area contributed by atoms with Crippen LogP contribution in [0.2, 0.25) is 0 Å². The van der Waals surface area contributed by atoms with Gasteiger partial charge in [-0.2, -0.15) is 0 Å². The van der Waals surface area contributed by atoms with Crippen LogP contribution in [-0.4, -0.2) is 0 Å². The molecule has 0 aliphatic rings. The van der Waals surface area contributed by atoms with Crippen molar-refractivity contribution in [1.82, 2.24) is 0 Å². The highest BCUT2D eigenvalue weighted by Crippen LogP contribution is 2.39. The van der Waals surface area contributed by atoms with Crippen LogP contribution in [0.15, 0.2) is 47.2 Å². The Morgan fingerprint density at radius 2 is 1.44 bits per heavy atom. The molecule has 0 saturated heterocycles. The largest absolute Gasteiger partial charge is 0.144 e. The highest BCUT2D eigenvalue weighted by Gasteiger charge is 2.13. The van der Waals surface area contributed by atoms with Gasteiger partial charge in [0.15, 0.2) is 0 Å². The Labute approximate surface area is 116 Å². The van der Waals surface area contributed by atoms with E-state index >= 15 is 0 Å². The van der Waals surface area contributed by atoms with Gasteiger partial charge in [-0.05, 0) is 47.9 Å². The fourth-order valence-corrected chi connectivity index (χ4v) is 3.79. The SMILES string of the molecule is Cc1ccc(-c2cccs2)c(-c2cccs2)c1C. The second kappa shape index (κ2) is 4.71. The number of rotatable bonds is 2. The zero-order valence-electron chi connectivity index (χ0n) is 10.4. The lowest BCUT2D eigenvalue weighted by Crippen LogP contribution is -1.89. The van der Waals surface area contributed by atoms with E-state index in [1.807, 2.05) is 11.3 Å². The van der Waals surface area contributed by atoms with Crippen molar-refractivity contribution in [1.29, 1.82) is 0 Å². The minimum atomic E-state index is 1.35. The Hall–Kier alpha value is -1.38. The van der Waals surface area contributed by atoms with E-state index in [0.717, 1.165) is 0 Å². The number of thiophene rings is 2. The summed E-state index contributed by atoms with van der Waals surface area (Å²) in [5.74, 6) is 0. The molecule has 2 heterocycles. The maximum atomic E-state index is 2.25. The van der Waals surface area contributed by atoms with Crippen molar-refractivity contribution in [3.63, 3.8) is 0 Å². The Bertz CT molecular complexity index is 647. The lowest BCUT2D eigenvalue weighted by molar-refractivity contribution is 1.35. The first-order valence-electron chi connectivity index (χ1n) is 5.95. The van der Waals surface area contributed by atoms with Gasteiger partial charge < -0.3 is 0 Å². The van der Waals surface area contributed by atoms with Crippen LogP contribution in [0, 0.1) is 13.8 Å². The lowest BCUT2D eigenvalue weighted by Gasteiger charge is -2.12. The van der Waals surface area contributed by atoms with E-state index in [4.69, 9.17) is 0 Å². The minimum absolute atomic E-state index is 1.35. The van der Waals surface area contributed by atoms with Crippen LogP contribution < -0.4 is 0 Å². The summed E-state index contributed by atoms with van der Waals surface area (Å²) in [5.41, 5.74) is 5.50. The zero-order valence-corrected chi connectivity index (χ0v) is 12.1. The Balaban J connectivity index is 2.30. The van der Waals surface area contributed by atoms with Gasteiger partial charge in [-0.3, -0.25) is 0 Å². The lowest BCUT2D eigenvalue weighted by atomic mass is 9.95. The monoisotopic (exact) mass is 270 g/mol. The first-order chi connectivity index (χ1) is 8.77. The van der Waals surface area contributed by atoms with E-state index in [-0.39, 0.29) is 0 Å². The molecule has 18 heavy (non-hydrogen) atoms. The van der Waals surface area contributed by atoms with Gasteiger partial charge in [-0.15, -0.1) is 22.7 Å². The van der Waals surface area contributed by atoms with Crippen molar-refractivity contribution >= 4 is 22.7 Å². The maximum Gasteiger partial charge on any atom is 0.0351 e. The van der Waals surface area contributed by atoms with Crippen LogP contribution in [-0.2, 0) is 0 Å². The molecule has 2 heteroatoms. The summed E-state index contributed by atoms with van der Waals surface area (Å²) in [5, 5.41) is 4.29. The maximum absolute atomic E-state index is 2.25. The third kappa shape index (κ3) is 1.92. The van der Waals surface area contributed by atoms with Crippen LogP contribution in [0.4, 0.5) is 0 Å². The second-order valence-electron chi connectivity index (χ2n) is 4.38. The van der Waals surface area contributed by atoms with Gasteiger partial charge in [0.05, 0.1) is 0 Å². The standard InChI is InChI=1S/C16H14S2/c1-11-7-8-13(14-5-3-9-17-14)16(12(11)2)15-6-4-10-18-15/h3-10H,1-2H3. The van der Waals surface area contributed by atoms with Crippen molar-refractivity contribution in [2.75, 3.05) is 0 Å². The topological polar surface area (TPSA) is 0 Å². The molecule has 0 fully saturated rings. The highest BCUT2D eigenvalue weighted by atomic mass is 32.1. The first kappa shape index (κ1) is 11.7. The van der Waals surface area contributed by atoms with E-state index in [1.54, 1.807) is 11.3 Å². The average molecular weight is 270 g/mol. The summed E-state index contributed by atoms with van der Waals surface area (Å²) in [4.78, 5) is 2.71. The van der Waals surface area contributed by atoms with Crippen LogP contribution >= 0.6 is 22.7 Å². The molecule has 0 bridgehead atoms. The smallest absolute Gasteiger partial charge is 0.0351 e. The summed E-state index contributed by atoms with van der Waals surface area (Å²) in [6.45, 7) is 4.41. The van der Waals surface area contributed by atoms with E-state index in [0.29, 0.717) is 0 Å². The number of aryl methyl sites for hydroxylation is 1. The normalized spacial score (nSPS) is 10.8. The van der Waals surface area contributed by atoms with E-state index in [2.05, 4.69) is 61.0 Å². The van der Waals surface area contributed by atoms with Gasteiger partial charge in [0, 0.05) is 20.9 Å². The van der Waals surface area contributed by atoms with Crippen LogP contribution in [0.3, 0.4) is 0 Å². The molecule has 0 unspecified atom stereocenters. The third-order valence-corrected chi connectivity index (χ3v) is 5.08. The molecule has 0 aliphatic heterocycles. The molecule has 0 spiro atoms. The van der Waals surface area contributed by atoms with Gasteiger partial charge in [-0.1, -0.05) is 24.3 Å². The zero-order chi connectivity index (χ0) is 12.5. The molecule has 3 aromatic rings. The third-order valence-electron chi connectivity index (χ3n) is 3.29. The number of hydrogen-bond donors (Lipinski definition) is 0. The quantitative estimate of drug-likeness (QED) is 0.555. The van der Waals surface area contributed by atoms with Crippen molar-refractivity contribution in [3.8, 4) is 20.9 Å². The summed E-state index contributed by atoms with van der Waals surface area (Å²) < 4.78 is 0. The molecule has 0 saturated carbocycles.